The van der Waals surface area contributed by atoms with E-state index in [4.69, 9.17) is 4.74 Å². The summed E-state index contributed by atoms with van der Waals surface area (Å²) in [5, 5.41) is 21.6. The average molecular weight is 291 g/mol. The van der Waals surface area contributed by atoms with Crippen molar-refractivity contribution < 1.29 is 14.6 Å². The van der Waals surface area contributed by atoms with Crippen LogP contribution in [0.15, 0.2) is 18.2 Å². The smallest absolute Gasteiger partial charge is 0.280 e. The molecule has 0 aliphatic carbocycles. The van der Waals surface area contributed by atoms with Crippen LogP contribution in [-0.4, -0.2) is 21.8 Å². The fraction of sp³-hybridized carbons (Fsp3) is 0.250. The SMILES string of the molecule is O=[N+]([O-])c1cc(OCCBr)cc([N+](=O)[O-])c1. The van der Waals surface area contributed by atoms with Gasteiger partial charge in [-0.1, -0.05) is 15.9 Å². The Bertz CT molecular complexity index is 391. The van der Waals surface area contributed by atoms with Crippen molar-refractivity contribution >= 4 is 27.3 Å². The van der Waals surface area contributed by atoms with Crippen molar-refractivity contribution in [1.82, 2.24) is 0 Å². The van der Waals surface area contributed by atoms with E-state index >= 15 is 0 Å². The Morgan fingerprint density at radius 1 is 1.12 bits per heavy atom. The number of alkyl halides is 1. The molecule has 0 aliphatic heterocycles. The van der Waals surface area contributed by atoms with Crippen molar-refractivity contribution in [2.45, 2.75) is 0 Å². The Hall–Kier alpha value is -1.70. The van der Waals surface area contributed by atoms with E-state index in [1.54, 1.807) is 0 Å². The zero-order valence-corrected chi connectivity index (χ0v) is 9.55. The molecule has 1 aromatic carbocycles. The molecule has 0 radical (unpaired) electrons. The minimum absolute atomic E-state index is 0.111. The molecule has 0 aliphatic rings. The van der Waals surface area contributed by atoms with Crippen molar-refractivity contribution in [2.75, 3.05) is 11.9 Å². The summed E-state index contributed by atoms with van der Waals surface area (Å²) in [6.45, 7) is 0.276. The molecular weight excluding hydrogens is 284 g/mol. The first-order valence-corrected chi connectivity index (χ1v) is 5.29. The maximum Gasteiger partial charge on any atom is 0.280 e. The third kappa shape index (κ3) is 3.16. The van der Waals surface area contributed by atoms with Crippen LogP contribution in [0.25, 0.3) is 0 Å². The van der Waals surface area contributed by atoms with Gasteiger partial charge in [0, 0.05) is 5.33 Å². The van der Waals surface area contributed by atoms with Crippen molar-refractivity contribution in [3.63, 3.8) is 0 Å². The molecule has 86 valence electrons. The highest BCUT2D eigenvalue weighted by atomic mass is 79.9. The van der Waals surface area contributed by atoms with Gasteiger partial charge in [0.05, 0.1) is 34.7 Å². The van der Waals surface area contributed by atoms with E-state index in [0.29, 0.717) is 5.33 Å². The third-order valence-corrected chi connectivity index (χ3v) is 1.97. The first-order chi connectivity index (χ1) is 7.54. The molecule has 7 nitrogen and oxygen atoms in total. The lowest BCUT2D eigenvalue weighted by Crippen LogP contribution is -2.00. The second-order valence-electron chi connectivity index (χ2n) is 2.74. The van der Waals surface area contributed by atoms with Gasteiger partial charge >= 0.3 is 0 Å². The molecule has 0 amide bonds. The molecule has 8 heteroatoms. The van der Waals surface area contributed by atoms with Crippen LogP contribution in [0, 0.1) is 20.2 Å². The average Bonchev–Trinajstić information content (AvgIpc) is 2.25. The number of nitro groups is 2. The highest BCUT2D eigenvalue weighted by Crippen LogP contribution is 2.27. The van der Waals surface area contributed by atoms with Crippen molar-refractivity contribution in [3.8, 4) is 5.75 Å². The van der Waals surface area contributed by atoms with E-state index in [-0.39, 0.29) is 23.7 Å². The van der Waals surface area contributed by atoms with E-state index in [2.05, 4.69) is 15.9 Å². The Labute approximate surface area is 98.4 Å². The molecule has 0 N–H and O–H groups in total. The molecule has 0 atom stereocenters. The molecule has 0 aromatic heterocycles. The Morgan fingerprint density at radius 2 is 1.62 bits per heavy atom. The Morgan fingerprint density at radius 3 is 2.00 bits per heavy atom. The summed E-state index contributed by atoms with van der Waals surface area (Å²) >= 11 is 3.11. The number of benzene rings is 1. The van der Waals surface area contributed by atoms with Crippen molar-refractivity contribution in [1.29, 1.82) is 0 Å². The van der Waals surface area contributed by atoms with E-state index < -0.39 is 9.85 Å². The van der Waals surface area contributed by atoms with Gasteiger partial charge in [0.1, 0.15) is 5.75 Å². The first-order valence-electron chi connectivity index (χ1n) is 4.17. The summed E-state index contributed by atoms with van der Waals surface area (Å²) < 4.78 is 5.08. The third-order valence-electron chi connectivity index (χ3n) is 1.64. The Balaban J connectivity index is 3.08. The molecule has 0 unspecified atom stereocenters. The maximum absolute atomic E-state index is 10.5. The molecule has 0 bridgehead atoms. The quantitative estimate of drug-likeness (QED) is 0.471. The number of ether oxygens (including phenoxy) is 1. The predicted octanol–water partition coefficient (Wildman–Crippen LogP) is 2.28. The zero-order chi connectivity index (χ0) is 12.1. The van der Waals surface area contributed by atoms with Gasteiger partial charge < -0.3 is 4.74 Å². The molecule has 0 spiro atoms. The molecule has 0 saturated heterocycles. The normalized spacial score (nSPS) is 9.81. The lowest BCUT2D eigenvalue weighted by atomic mass is 10.2. The fourth-order valence-electron chi connectivity index (χ4n) is 1.02. The van der Waals surface area contributed by atoms with Crippen LogP contribution in [-0.2, 0) is 0 Å². The first kappa shape index (κ1) is 12.4. The highest BCUT2D eigenvalue weighted by molar-refractivity contribution is 9.09. The van der Waals surface area contributed by atoms with Crippen LogP contribution in [0.4, 0.5) is 11.4 Å². The number of hydrogen-bond acceptors (Lipinski definition) is 5. The van der Waals surface area contributed by atoms with Crippen LogP contribution in [0.5, 0.6) is 5.75 Å². The molecular formula is C8H7BrN2O5. The number of hydrogen-bond donors (Lipinski definition) is 0. The molecule has 0 fully saturated rings. The van der Waals surface area contributed by atoms with Gasteiger partial charge in [-0.3, -0.25) is 20.2 Å². The summed E-state index contributed by atoms with van der Waals surface area (Å²) in [5.41, 5.74) is -0.724. The van der Waals surface area contributed by atoms with Gasteiger partial charge in [0.2, 0.25) is 0 Å². The van der Waals surface area contributed by atoms with Crippen LogP contribution in [0.3, 0.4) is 0 Å². The predicted molar refractivity (Wildman–Crippen MR) is 59.0 cm³/mol. The minimum atomic E-state index is -0.700. The Kier molecular flexibility index (Phi) is 4.18. The summed E-state index contributed by atoms with van der Waals surface area (Å²) in [5.74, 6) is 0.111. The summed E-state index contributed by atoms with van der Waals surface area (Å²) in [6.07, 6.45) is 0. The number of rotatable bonds is 5. The standard InChI is InChI=1S/C8H7BrN2O5/c9-1-2-16-8-4-6(10(12)13)3-7(5-8)11(14)15/h3-5H,1-2H2. The van der Waals surface area contributed by atoms with E-state index in [1.165, 1.54) is 0 Å². The lowest BCUT2D eigenvalue weighted by molar-refractivity contribution is -0.394. The highest BCUT2D eigenvalue weighted by Gasteiger charge is 2.16. The topological polar surface area (TPSA) is 95.5 Å². The van der Waals surface area contributed by atoms with Crippen LogP contribution in [0.1, 0.15) is 0 Å². The summed E-state index contributed by atoms with van der Waals surface area (Å²) in [4.78, 5) is 19.6. The fourth-order valence-corrected chi connectivity index (χ4v) is 1.18. The minimum Gasteiger partial charge on any atom is -0.492 e. The molecule has 0 heterocycles. The number of nitrogens with zero attached hydrogens (tertiary/aromatic N) is 2. The van der Waals surface area contributed by atoms with Gasteiger partial charge in [-0.05, 0) is 0 Å². The van der Waals surface area contributed by atoms with Crippen LogP contribution < -0.4 is 4.74 Å². The van der Waals surface area contributed by atoms with E-state index in [9.17, 15) is 20.2 Å². The van der Waals surface area contributed by atoms with Gasteiger partial charge in [0.25, 0.3) is 11.4 Å². The monoisotopic (exact) mass is 290 g/mol. The molecule has 16 heavy (non-hydrogen) atoms. The number of halogens is 1. The van der Waals surface area contributed by atoms with E-state index in [0.717, 1.165) is 18.2 Å². The molecule has 1 aromatic rings. The van der Waals surface area contributed by atoms with Gasteiger partial charge in [-0.15, -0.1) is 0 Å². The van der Waals surface area contributed by atoms with Crippen LogP contribution >= 0.6 is 15.9 Å². The second-order valence-corrected chi connectivity index (χ2v) is 3.53. The summed E-state index contributed by atoms with van der Waals surface area (Å²) in [7, 11) is 0. The maximum atomic E-state index is 10.5. The van der Waals surface area contributed by atoms with Gasteiger partial charge in [-0.25, -0.2) is 0 Å². The number of non-ortho nitro benzene ring substituents is 2. The van der Waals surface area contributed by atoms with Gasteiger partial charge in [0.15, 0.2) is 0 Å². The largest absolute Gasteiger partial charge is 0.492 e. The van der Waals surface area contributed by atoms with Crippen molar-refractivity contribution in [3.05, 3.63) is 38.4 Å². The molecule has 1 rings (SSSR count). The van der Waals surface area contributed by atoms with E-state index in [1.807, 2.05) is 0 Å². The van der Waals surface area contributed by atoms with Crippen molar-refractivity contribution in [2.24, 2.45) is 0 Å². The second kappa shape index (κ2) is 5.40. The van der Waals surface area contributed by atoms with Crippen LogP contribution in [0.2, 0.25) is 0 Å². The van der Waals surface area contributed by atoms with Gasteiger partial charge in [-0.2, -0.15) is 0 Å². The zero-order valence-electron chi connectivity index (χ0n) is 7.96. The summed E-state index contributed by atoms with van der Waals surface area (Å²) in [6, 6.07) is 3.19. The number of nitro benzene ring substituents is 2. The molecule has 0 saturated carbocycles. The lowest BCUT2D eigenvalue weighted by Gasteiger charge is -2.03.